The third-order valence-corrected chi connectivity index (χ3v) is 4.08. The molecule has 0 unspecified atom stereocenters. The first-order chi connectivity index (χ1) is 11.3. The highest BCUT2D eigenvalue weighted by Gasteiger charge is 2.19. The lowest BCUT2D eigenvalue weighted by atomic mass is 10.0. The highest BCUT2D eigenvalue weighted by Crippen LogP contribution is 2.30. The van der Waals surface area contributed by atoms with Crippen molar-refractivity contribution in [3.8, 4) is 11.3 Å². The maximum Gasteiger partial charge on any atom is 0.243 e. The van der Waals surface area contributed by atoms with Crippen molar-refractivity contribution >= 4 is 29.0 Å². The third kappa shape index (κ3) is 3.15. The van der Waals surface area contributed by atoms with Gasteiger partial charge in [0.25, 0.3) is 0 Å². The maximum absolute atomic E-state index is 12.2. The first kappa shape index (κ1) is 16.5. The molecular weight excluding hydrogens is 322 g/mol. The zero-order valence-corrected chi connectivity index (χ0v) is 15.0. The number of carbonyl (C=O) groups excluding carboxylic acids is 1. The number of aromatic nitrogens is 2. The molecular formula is C19H20ClN3O. The molecule has 0 spiro atoms. The minimum Gasteiger partial charge on any atom is -0.309 e. The van der Waals surface area contributed by atoms with Crippen LogP contribution in [-0.4, -0.2) is 20.7 Å². The third-order valence-electron chi connectivity index (χ3n) is 3.88. The summed E-state index contributed by atoms with van der Waals surface area (Å²) in [5.74, 6) is 0.400. The monoisotopic (exact) mass is 341 g/mol. The summed E-state index contributed by atoms with van der Waals surface area (Å²) in [5, 5.41) is 2.30. The van der Waals surface area contributed by atoms with Crippen LogP contribution in [0.4, 0.5) is 5.82 Å². The molecule has 4 nitrogen and oxygen atoms in total. The number of aryl methyl sites for hydroxylation is 3. The number of nitrogens with one attached hydrogen (secondary N) is 1. The van der Waals surface area contributed by atoms with Crippen molar-refractivity contribution in [2.45, 2.75) is 33.1 Å². The van der Waals surface area contributed by atoms with E-state index in [1.807, 2.05) is 29.7 Å². The van der Waals surface area contributed by atoms with Gasteiger partial charge < -0.3 is 5.32 Å². The van der Waals surface area contributed by atoms with Crippen molar-refractivity contribution in [1.82, 2.24) is 9.38 Å². The average molecular weight is 342 g/mol. The summed E-state index contributed by atoms with van der Waals surface area (Å²) in [6, 6.07) is 10.2. The van der Waals surface area contributed by atoms with Crippen molar-refractivity contribution in [1.29, 1.82) is 0 Å². The summed E-state index contributed by atoms with van der Waals surface area (Å²) in [6.45, 7) is 7.77. The van der Waals surface area contributed by atoms with Gasteiger partial charge in [-0.1, -0.05) is 17.2 Å². The van der Waals surface area contributed by atoms with Gasteiger partial charge in [0.1, 0.15) is 22.5 Å². The zero-order valence-electron chi connectivity index (χ0n) is 14.2. The first-order valence-electron chi connectivity index (χ1n) is 7.87. The van der Waals surface area contributed by atoms with Gasteiger partial charge in [-0.15, -0.1) is 11.6 Å². The first-order valence-corrected chi connectivity index (χ1v) is 8.31. The number of hydrogen-bond donors (Lipinski definition) is 1. The fourth-order valence-electron chi connectivity index (χ4n) is 2.79. The van der Waals surface area contributed by atoms with Gasteiger partial charge in [0.2, 0.25) is 5.91 Å². The van der Waals surface area contributed by atoms with Gasteiger partial charge in [0.05, 0.1) is 0 Å². The molecule has 0 aliphatic heterocycles. The highest BCUT2D eigenvalue weighted by molar-refractivity contribution is 6.32. The molecule has 0 saturated carbocycles. The second-order valence-corrected chi connectivity index (χ2v) is 6.88. The predicted octanol–water partition coefficient (Wildman–Crippen LogP) is 4.49. The standard InChI is InChI=1S/C19H20ClN3O/c1-11-5-6-23-16(10-11)21-17(18(23)22-19(24)14(4)20)15-8-12(2)7-13(3)9-15/h5-10,14H,1-4H3,(H,22,24)/t14-/m1/s1. The van der Waals surface area contributed by atoms with Crippen LogP contribution in [0, 0.1) is 20.8 Å². The SMILES string of the molecule is Cc1cc(C)cc(-c2nc3cc(C)ccn3c2NC(=O)[C@@H](C)Cl)c1. The Morgan fingerprint density at radius 3 is 2.42 bits per heavy atom. The van der Waals surface area contributed by atoms with Crippen LogP contribution in [0.3, 0.4) is 0 Å². The number of carbonyl (C=O) groups is 1. The lowest BCUT2D eigenvalue weighted by Crippen LogP contribution is -2.21. The van der Waals surface area contributed by atoms with E-state index in [0.717, 1.165) is 33.6 Å². The van der Waals surface area contributed by atoms with Gasteiger partial charge in [0, 0.05) is 11.8 Å². The van der Waals surface area contributed by atoms with Crippen LogP contribution in [0.5, 0.6) is 0 Å². The molecule has 0 radical (unpaired) electrons. The number of benzene rings is 1. The van der Waals surface area contributed by atoms with E-state index in [4.69, 9.17) is 16.6 Å². The normalized spacial score (nSPS) is 12.4. The summed E-state index contributed by atoms with van der Waals surface area (Å²) < 4.78 is 1.89. The Labute approximate surface area is 146 Å². The number of fused-ring (bicyclic) bond motifs is 1. The average Bonchev–Trinajstić information content (AvgIpc) is 2.84. The number of anilines is 1. The van der Waals surface area contributed by atoms with Crippen molar-refractivity contribution in [3.05, 3.63) is 53.2 Å². The lowest BCUT2D eigenvalue weighted by Gasteiger charge is -2.10. The Morgan fingerprint density at radius 1 is 1.12 bits per heavy atom. The van der Waals surface area contributed by atoms with Gasteiger partial charge in [0.15, 0.2) is 0 Å². The Kier molecular flexibility index (Phi) is 4.33. The second-order valence-electron chi connectivity index (χ2n) is 6.22. The molecule has 3 aromatic rings. The van der Waals surface area contributed by atoms with E-state index in [0.29, 0.717) is 5.82 Å². The fraction of sp³-hybridized carbons (Fsp3) is 0.263. The van der Waals surface area contributed by atoms with Gasteiger partial charge >= 0.3 is 0 Å². The predicted molar refractivity (Wildman–Crippen MR) is 98.8 cm³/mol. The molecule has 1 amide bonds. The van der Waals surface area contributed by atoms with Gasteiger partial charge in [-0.3, -0.25) is 9.20 Å². The molecule has 0 bridgehead atoms. The molecule has 1 N–H and O–H groups in total. The number of alkyl halides is 1. The van der Waals surface area contributed by atoms with Crippen LogP contribution in [0.2, 0.25) is 0 Å². The summed E-state index contributed by atoms with van der Waals surface area (Å²) in [5.41, 5.74) is 5.94. The minimum absolute atomic E-state index is 0.246. The van der Waals surface area contributed by atoms with E-state index in [-0.39, 0.29) is 5.91 Å². The van der Waals surface area contributed by atoms with Crippen molar-refractivity contribution in [3.63, 3.8) is 0 Å². The zero-order chi connectivity index (χ0) is 17.4. The maximum atomic E-state index is 12.2. The Hall–Kier alpha value is -2.33. The minimum atomic E-state index is -0.618. The molecule has 24 heavy (non-hydrogen) atoms. The van der Waals surface area contributed by atoms with Gasteiger partial charge in [-0.2, -0.15) is 0 Å². The Morgan fingerprint density at radius 2 is 1.79 bits per heavy atom. The van der Waals surface area contributed by atoms with E-state index < -0.39 is 5.38 Å². The molecule has 5 heteroatoms. The van der Waals surface area contributed by atoms with E-state index in [1.54, 1.807) is 6.92 Å². The van der Waals surface area contributed by atoms with E-state index in [9.17, 15) is 4.79 Å². The van der Waals surface area contributed by atoms with E-state index in [2.05, 4.69) is 37.4 Å². The van der Waals surface area contributed by atoms with E-state index >= 15 is 0 Å². The summed E-state index contributed by atoms with van der Waals surface area (Å²) >= 11 is 5.93. The van der Waals surface area contributed by atoms with Crippen LogP contribution < -0.4 is 5.32 Å². The fourth-order valence-corrected chi connectivity index (χ4v) is 2.85. The van der Waals surface area contributed by atoms with Crippen molar-refractivity contribution in [2.75, 3.05) is 5.32 Å². The number of rotatable bonds is 3. The summed E-state index contributed by atoms with van der Waals surface area (Å²) in [4.78, 5) is 16.9. The molecule has 1 atom stereocenters. The number of halogens is 1. The van der Waals surface area contributed by atoms with Crippen LogP contribution in [-0.2, 0) is 4.79 Å². The molecule has 2 heterocycles. The number of amides is 1. The number of imidazole rings is 1. The molecule has 0 fully saturated rings. The molecule has 2 aromatic heterocycles. The van der Waals surface area contributed by atoms with Gasteiger partial charge in [-0.25, -0.2) is 4.98 Å². The van der Waals surface area contributed by atoms with Crippen LogP contribution in [0.15, 0.2) is 36.5 Å². The quantitative estimate of drug-likeness (QED) is 0.713. The molecule has 0 saturated heterocycles. The molecule has 0 aliphatic carbocycles. The number of pyridine rings is 1. The number of nitrogens with zero attached hydrogens (tertiary/aromatic N) is 2. The van der Waals surface area contributed by atoms with Crippen LogP contribution in [0.1, 0.15) is 23.6 Å². The Bertz CT molecular complexity index is 908. The van der Waals surface area contributed by atoms with E-state index in [1.165, 1.54) is 0 Å². The largest absolute Gasteiger partial charge is 0.309 e. The summed E-state index contributed by atoms with van der Waals surface area (Å²) in [7, 11) is 0. The topological polar surface area (TPSA) is 46.4 Å². The molecule has 1 aromatic carbocycles. The van der Waals surface area contributed by atoms with Crippen LogP contribution >= 0.6 is 11.6 Å². The number of hydrogen-bond acceptors (Lipinski definition) is 2. The second kappa shape index (κ2) is 6.29. The molecule has 124 valence electrons. The molecule has 3 rings (SSSR count). The van der Waals surface area contributed by atoms with Crippen LogP contribution in [0.25, 0.3) is 16.9 Å². The van der Waals surface area contributed by atoms with Crippen molar-refractivity contribution < 1.29 is 4.79 Å². The summed E-state index contributed by atoms with van der Waals surface area (Å²) in [6.07, 6.45) is 1.92. The smallest absolute Gasteiger partial charge is 0.243 e. The van der Waals surface area contributed by atoms with Gasteiger partial charge in [-0.05, 0) is 57.5 Å². The lowest BCUT2D eigenvalue weighted by molar-refractivity contribution is -0.115. The molecule has 0 aliphatic rings. The van der Waals surface area contributed by atoms with Crippen molar-refractivity contribution in [2.24, 2.45) is 0 Å². The highest BCUT2D eigenvalue weighted by atomic mass is 35.5. The Balaban J connectivity index is 2.23.